The van der Waals surface area contributed by atoms with Gasteiger partial charge in [-0.25, -0.2) is 4.79 Å². The maximum atomic E-state index is 11.9. The van der Waals surface area contributed by atoms with E-state index in [0.717, 1.165) is 25.0 Å². The molecule has 4 nitrogen and oxygen atoms in total. The van der Waals surface area contributed by atoms with E-state index in [1.165, 1.54) is 5.56 Å². The van der Waals surface area contributed by atoms with Crippen molar-refractivity contribution < 1.29 is 9.53 Å². The molecule has 1 fully saturated rings. The van der Waals surface area contributed by atoms with Gasteiger partial charge in [0.15, 0.2) is 0 Å². The molecule has 1 aliphatic rings. The largest absolute Gasteiger partial charge is 0.378 e. The number of amides is 2. The summed E-state index contributed by atoms with van der Waals surface area (Å²) in [6.07, 6.45) is 2.15. The zero-order valence-corrected chi connectivity index (χ0v) is 12.5. The van der Waals surface area contributed by atoms with Gasteiger partial charge < -0.3 is 15.4 Å². The minimum atomic E-state index is -0.0982. The van der Waals surface area contributed by atoms with Crippen LogP contribution in [-0.2, 0) is 4.74 Å². The van der Waals surface area contributed by atoms with Crippen molar-refractivity contribution in [3.05, 3.63) is 35.4 Å². The van der Waals surface area contributed by atoms with Crippen LogP contribution in [0.1, 0.15) is 43.9 Å². The molecule has 1 aromatic carbocycles. The third kappa shape index (κ3) is 3.97. The highest BCUT2D eigenvalue weighted by atomic mass is 16.5. The van der Waals surface area contributed by atoms with Gasteiger partial charge in [-0.2, -0.15) is 0 Å². The standard InChI is InChI=1S/C16H24N2O2/c1-4-20-15-9-14(10-15)18-16(19)17-12(3)13-7-5-6-11(2)8-13/h5-8,12,14-15H,4,9-10H2,1-3H3,(H2,17,18,19). The van der Waals surface area contributed by atoms with Crippen molar-refractivity contribution in [2.24, 2.45) is 0 Å². The monoisotopic (exact) mass is 276 g/mol. The number of aryl methyl sites for hydroxylation is 1. The average molecular weight is 276 g/mol. The molecule has 1 aliphatic carbocycles. The van der Waals surface area contributed by atoms with Gasteiger partial charge in [-0.1, -0.05) is 29.8 Å². The second-order valence-electron chi connectivity index (χ2n) is 5.50. The number of carbonyl (C=O) groups excluding carboxylic acids is 1. The SMILES string of the molecule is CCOC1CC(NC(=O)NC(C)c2cccc(C)c2)C1. The first-order valence-electron chi connectivity index (χ1n) is 7.33. The molecule has 1 unspecified atom stereocenters. The summed E-state index contributed by atoms with van der Waals surface area (Å²) < 4.78 is 5.48. The summed E-state index contributed by atoms with van der Waals surface area (Å²) in [5, 5.41) is 5.97. The molecule has 2 amide bonds. The fraction of sp³-hybridized carbons (Fsp3) is 0.562. The maximum Gasteiger partial charge on any atom is 0.315 e. The molecule has 0 saturated heterocycles. The van der Waals surface area contributed by atoms with Gasteiger partial charge in [0, 0.05) is 12.6 Å². The molecular formula is C16H24N2O2. The minimum Gasteiger partial charge on any atom is -0.378 e. The molecule has 0 radical (unpaired) electrons. The number of hydrogen-bond donors (Lipinski definition) is 2. The van der Waals surface area contributed by atoms with Crippen molar-refractivity contribution in [1.29, 1.82) is 0 Å². The van der Waals surface area contributed by atoms with Crippen molar-refractivity contribution in [3.63, 3.8) is 0 Å². The van der Waals surface area contributed by atoms with Crippen LogP contribution in [0.3, 0.4) is 0 Å². The second kappa shape index (κ2) is 6.75. The number of nitrogens with one attached hydrogen (secondary N) is 2. The Morgan fingerprint density at radius 2 is 2.20 bits per heavy atom. The maximum absolute atomic E-state index is 11.9. The Bertz CT molecular complexity index is 456. The Morgan fingerprint density at radius 1 is 1.45 bits per heavy atom. The molecule has 0 aliphatic heterocycles. The zero-order chi connectivity index (χ0) is 14.5. The van der Waals surface area contributed by atoms with E-state index in [4.69, 9.17) is 4.74 Å². The number of rotatable bonds is 5. The van der Waals surface area contributed by atoms with Crippen molar-refractivity contribution in [3.8, 4) is 0 Å². The van der Waals surface area contributed by atoms with Gasteiger partial charge in [0.05, 0.1) is 12.1 Å². The van der Waals surface area contributed by atoms with E-state index in [-0.39, 0.29) is 18.1 Å². The van der Waals surface area contributed by atoms with E-state index < -0.39 is 0 Å². The molecule has 0 heterocycles. The molecule has 2 N–H and O–H groups in total. The first kappa shape index (κ1) is 14.9. The molecule has 0 aromatic heterocycles. The van der Waals surface area contributed by atoms with Crippen molar-refractivity contribution in [1.82, 2.24) is 10.6 Å². The Kier molecular flexibility index (Phi) is 5.01. The van der Waals surface area contributed by atoms with Crippen LogP contribution >= 0.6 is 0 Å². The predicted octanol–water partition coefficient (Wildman–Crippen LogP) is 2.92. The van der Waals surface area contributed by atoms with Gasteiger partial charge in [0.25, 0.3) is 0 Å². The number of hydrogen-bond acceptors (Lipinski definition) is 2. The molecule has 1 saturated carbocycles. The molecule has 0 spiro atoms. The molecule has 1 aromatic rings. The van der Waals surface area contributed by atoms with Crippen LogP contribution in [0.15, 0.2) is 24.3 Å². The van der Waals surface area contributed by atoms with Crippen LogP contribution in [0.5, 0.6) is 0 Å². The lowest BCUT2D eigenvalue weighted by Crippen LogP contribution is -2.51. The predicted molar refractivity (Wildman–Crippen MR) is 79.7 cm³/mol. The summed E-state index contributed by atoms with van der Waals surface area (Å²) in [7, 11) is 0. The summed E-state index contributed by atoms with van der Waals surface area (Å²) in [5.74, 6) is 0. The molecule has 20 heavy (non-hydrogen) atoms. The van der Waals surface area contributed by atoms with E-state index in [1.807, 2.05) is 26.0 Å². The molecular weight excluding hydrogens is 252 g/mol. The molecule has 0 bridgehead atoms. The number of carbonyl (C=O) groups is 1. The fourth-order valence-corrected chi connectivity index (χ4v) is 2.50. The van der Waals surface area contributed by atoms with Gasteiger partial charge in [-0.05, 0) is 39.2 Å². The molecule has 110 valence electrons. The normalized spacial score (nSPS) is 22.8. The van der Waals surface area contributed by atoms with Crippen LogP contribution in [-0.4, -0.2) is 24.8 Å². The van der Waals surface area contributed by atoms with Crippen LogP contribution in [0.2, 0.25) is 0 Å². The number of benzene rings is 1. The third-order valence-corrected chi connectivity index (χ3v) is 3.72. The highest BCUT2D eigenvalue weighted by Gasteiger charge is 2.30. The van der Waals surface area contributed by atoms with Gasteiger partial charge in [-0.15, -0.1) is 0 Å². The lowest BCUT2D eigenvalue weighted by atomic mass is 9.89. The van der Waals surface area contributed by atoms with E-state index in [0.29, 0.717) is 6.10 Å². The second-order valence-corrected chi connectivity index (χ2v) is 5.50. The summed E-state index contributed by atoms with van der Waals surface area (Å²) >= 11 is 0. The van der Waals surface area contributed by atoms with E-state index >= 15 is 0 Å². The molecule has 1 atom stereocenters. The van der Waals surface area contributed by atoms with E-state index in [2.05, 4.69) is 29.7 Å². The smallest absolute Gasteiger partial charge is 0.315 e. The topological polar surface area (TPSA) is 50.4 Å². The van der Waals surface area contributed by atoms with Crippen molar-refractivity contribution in [2.45, 2.75) is 51.8 Å². The molecule has 2 rings (SSSR count). The van der Waals surface area contributed by atoms with Gasteiger partial charge in [0.2, 0.25) is 0 Å². The average Bonchev–Trinajstić information content (AvgIpc) is 2.36. The van der Waals surface area contributed by atoms with Crippen LogP contribution in [0, 0.1) is 6.92 Å². The lowest BCUT2D eigenvalue weighted by molar-refractivity contribution is -0.00713. The fourth-order valence-electron chi connectivity index (χ4n) is 2.50. The highest BCUT2D eigenvalue weighted by Crippen LogP contribution is 2.23. The quantitative estimate of drug-likeness (QED) is 0.868. The van der Waals surface area contributed by atoms with Gasteiger partial charge in [-0.3, -0.25) is 0 Å². The van der Waals surface area contributed by atoms with Crippen LogP contribution in [0.25, 0.3) is 0 Å². The van der Waals surface area contributed by atoms with Crippen LogP contribution < -0.4 is 10.6 Å². The van der Waals surface area contributed by atoms with Crippen molar-refractivity contribution >= 4 is 6.03 Å². The minimum absolute atomic E-state index is 0.0117. The molecule has 4 heteroatoms. The van der Waals surface area contributed by atoms with Crippen molar-refractivity contribution in [2.75, 3.05) is 6.61 Å². The van der Waals surface area contributed by atoms with E-state index in [9.17, 15) is 4.79 Å². The summed E-state index contributed by atoms with van der Waals surface area (Å²) in [5.41, 5.74) is 2.33. The third-order valence-electron chi connectivity index (χ3n) is 3.72. The van der Waals surface area contributed by atoms with Crippen LogP contribution in [0.4, 0.5) is 4.79 Å². The first-order valence-corrected chi connectivity index (χ1v) is 7.33. The Hall–Kier alpha value is -1.55. The number of ether oxygens (including phenoxy) is 1. The van der Waals surface area contributed by atoms with E-state index in [1.54, 1.807) is 0 Å². The van der Waals surface area contributed by atoms with Gasteiger partial charge in [0.1, 0.15) is 0 Å². The number of urea groups is 1. The van der Waals surface area contributed by atoms with Gasteiger partial charge >= 0.3 is 6.03 Å². The Balaban J connectivity index is 1.75. The summed E-state index contributed by atoms with van der Waals surface area (Å²) in [4.78, 5) is 11.9. The highest BCUT2D eigenvalue weighted by molar-refractivity contribution is 5.74. The Labute approximate surface area is 120 Å². The Morgan fingerprint density at radius 3 is 2.85 bits per heavy atom. The summed E-state index contributed by atoms with van der Waals surface area (Å²) in [6.45, 7) is 6.79. The lowest BCUT2D eigenvalue weighted by Gasteiger charge is -2.35. The summed E-state index contributed by atoms with van der Waals surface area (Å²) in [6, 6.07) is 8.36. The first-order chi connectivity index (χ1) is 9.58. The zero-order valence-electron chi connectivity index (χ0n) is 12.5.